The summed E-state index contributed by atoms with van der Waals surface area (Å²) in [6, 6.07) is 5.55. The minimum Gasteiger partial charge on any atom is -0.429 e. The van der Waals surface area contributed by atoms with E-state index in [0.717, 1.165) is 12.2 Å². The van der Waals surface area contributed by atoms with E-state index in [1.54, 1.807) is 0 Å². The highest BCUT2D eigenvalue weighted by atomic mass is 19.1. The van der Waals surface area contributed by atoms with Crippen molar-refractivity contribution in [2.24, 2.45) is 28.6 Å². The van der Waals surface area contributed by atoms with Gasteiger partial charge in [-0.25, -0.2) is 18.0 Å². The molecule has 0 amide bonds. The Balaban J connectivity index is 1.31. The number of hydrogen-bond acceptors (Lipinski definition) is 8. The summed E-state index contributed by atoms with van der Waals surface area (Å²) in [7, 11) is 0. The number of nitro benzene ring substituents is 1. The summed E-state index contributed by atoms with van der Waals surface area (Å²) in [4.78, 5) is 61.2. The number of fused-ring (bicyclic) bond motifs is 5. The molecule has 41 heavy (non-hydrogen) atoms. The van der Waals surface area contributed by atoms with Gasteiger partial charge in [-0.15, -0.1) is 0 Å². The molecular weight excluding hydrogens is 547 g/mol. The fraction of sp³-hybridized carbons (Fsp3) is 0.517. The van der Waals surface area contributed by atoms with Crippen LogP contribution in [0.2, 0.25) is 0 Å². The van der Waals surface area contributed by atoms with Crippen LogP contribution in [0.5, 0.6) is 0 Å². The molecule has 3 fully saturated rings. The van der Waals surface area contributed by atoms with Crippen LogP contribution in [0.3, 0.4) is 0 Å². The molecule has 3 saturated carbocycles. The zero-order valence-electron chi connectivity index (χ0n) is 22.3. The molecule has 218 valence electrons. The fourth-order valence-corrected chi connectivity index (χ4v) is 7.69. The second kappa shape index (κ2) is 9.92. The van der Waals surface area contributed by atoms with Crippen molar-refractivity contribution in [1.29, 1.82) is 0 Å². The van der Waals surface area contributed by atoms with Crippen molar-refractivity contribution < 1.29 is 46.7 Å². The van der Waals surface area contributed by atoms with Gasteiger partial charge in [0.15, 0.2) is 29.6 Å². The number of benzene rings is 1. The van der Waals surface area contributed by atoms with Crippen LogP contribution in [0.15, 0.2) is 48.1 Å². The maximum absolute atomic E-state index is 17.0. The van der Waals surface area contributed by atoms with Gasteiger partial charge in [0.1, 0.15) is 19.0 Å². The average Bonchev–Trinajstić information content (AvgIpc) is 3.18. The number of Topliss-reactive ketones (excluding diaryl/α,β-unsaturated/α-hetero) is 2. The maximum atomic E-state index is 17.0. The highest BCUT2D eigenvalue weighted by Gasteiger charge is 2.74. The molecule has 0 aliphatic heterocycles. The smallest absolute Gasteiger partial charge is 0.429 e. The molecule has 0 saturated heterocycles. The summed E-state index contributed by atoms with van der Waals surface area (Å²) in [5.74, 6) is -5.78. The number of alkyl halides is 3. The van der Waals surface area contributed by atoms with Crippen LogP contribution in [-0.4, -0.2) is 53.0 Å². The molecular formula is C29H28F3NO8. The summed E-state index contributed by atoms with van der Waals surface area (Å²) in [6.45, 7) is 1.47. The highest BCUT2D eigenvalue weighted by Crippen LogP contribution is 2.68. The molecule has 4 aliphatic carbocycles. The molecule has 0 aromatic heterocycles. The number of carbonyl (C=O) groups excluding carboxylic acids is 4. The lowest BCUT2D eigenvalue weighted by Gasteiger charge is -2.59. The Morgan fingerprint density at radius 2 is 1.80 bits per heavy atom. The van der Waals surface area contributed by atoms with Gasteiger partial charge in [-0.05, 0) is 54.9 Å². The quantitative estimate of drug-likeness (QED) is 0.266. The van der Waals surface area contributed by atoms with E-state index in [1.807, 2.05) is 0 Å². The SMILES string of the molecule is C[C@]12CC(=O)[C@@]3(F)[C@@H](CC(F)C4=CC(=O)C=C[C@@]43C)[C@@H]1CC(F)[C@@H]2C(=O)COC(=O)OCc1ccccc1[N+](=O)[O-]. The van der Waals surface area contributed by atoms with Crippen LogP contribution in [0.25, 0.3) is 0 Å². The Labute approximate surface area is 232 Å². The summed E-state index contributed by atoms with van der Waals surface area (Å²) in [5, 5.41) is 11.1. The third-order valence-corrected chi connectivity index (χ3v) is 9.59. The predicted molar refractivity (Wildman–Crippen MR) is 136 cm³/mol. The molecule has 0 spiro atoms. The average molecular weight is 576 g/mol. The van der Waals surface area contributed by atoms with Gasteiger partial charge >= 0.3 is 6.16 Å². The van der Waals surface area contributed by atoms with Crippen LogP contribution in [0.4, 0.5) is 23.7 Å². The minimum absolute atomic E-state index is 0.0914. The Kier molecular flexibility index (Phi) is 6.94. The molecule has 2 unspecified atom stereocenters. The Hall–Kier alpha value is -3.83. The second-order valence-electron chi connectivity index (χ2n) is 11.7. The topological polar surface area (TPSA) is 130 Å². The van der Waals surface area contributed by atoms with Crippen LogP contribution in [0, 0.1) is 38.7 Å². The molecule has 12 heteroatoms. The first kappa shape index (κ1) is 28.7. The standard InChI is InChI=1S/C29H28F3NO8/c1-27-12-24(36)29(32)18(11-20(30)19-9-16(34)7-8-28(19,29)2)17(27)10-21(31)25(27)23(35)14-41-26(37)40-13-15-5-3-4-6-22(15)33(38)39/h3-9,17-18,20-21,25H,10-14H2,1-2H3/t17-,18-,20?,21?,25+,27-,28-,29-/m0/s1. The van der Waals surface area contributed by atoms with E-state index in [-0.39, 0.29) is 23.2 Å². The monoisotopic (exact) mass is 575 g/mol. The summed E-state index contributed by atoms with van der Waals surface area (Å²) in [5.41, 5.74) is -5.99. The van der Waals surface area contributed by atoms with Gasteiger partial charge in [0.05, 0.1) is 21.8 Å². The molecule has 1 aromatic carbocycles. The third-order valence-electron chi connectivity index (χ3n) is 9.59. The molecule has 8 atom stereocenters. The van der Waals surface area contributed by atoms with Gasteiger partial charge in [0.25, 0.3) is 5.69 Å². The number of carbonyl (C=O) groups is 4. The Morgan fingerprint density at radius 1 is 1.10 bits per heavy atom. The zero-order chi connectivity index (χ0) is 29.9. The molecule has 5 rings (SSSR count). The Bertz CT molecular complexity index is 1410. The maximum Gasteiger partial charge on any atom is 0.509 e. The first-order valence-electron chi connectivity index (χ1n) is 13.2. The summed E-state index contributed by atoms with van der Waals surface area (Å²) < 4.78 is 57.7. The van der Waals surface area contributed by atoms with Gasteiger partial charge < -0.3 is 9.47 Å². The van der Waals surface area contributed by atoms with Crippen molar-refractivity contribution in [2.75, 3.05) is 6.61 Å². The number of allylic oxidation sites excluding steroid dienone is 4. The van der Waals surface area contributed by atoms with Crippen LogP contribution in [0.1, 0.15) is 38.7 Å². The number of halogens is 3. The van der Waals surface area contributed by atoms with E-state index in [1.165, 1.54) is 44.2 Å². The fourth-order valence-electron chi connectivity index (χ4n) is 7.69. The predicted octanol–water partition coefficient (Wildman–Crippen LogP) is 4.91. The normalized spacial score (nSPS) is 37.4. The van der Waals surface area contributed by atoms with Gasteiger partial charge in [-0.1, -0.05) is 25.1 Å². The molecule has 0 heterocycles. The van der Waals surface area contributed by atoms with Crippen LogP contribution < -0.4 is 0 Å². The van der Waals surface area contributed by atoms with Crippen molar-refractivity contribution in [2.45, 2.75) is 57.7 Å². The van der Waals surface area contributed by atoms with E-state index in [9.17, 15) is 29.3 Å². The number of rotatable bonds is 6. The second-order valence-corrected chi connectivity index (χ2v) is 11.7. The largest absolute Gasteiger partial charge is 0.509 e. The summed E-state index contributed by atoms with van der Waals surface area (Å²) in [6.07, 6.45) is -2.72. The van der Waals surface area contributed by atoms with E-state index >= 15 is 13.2 Å². The van der Waals surface area contributed by atoms with Crippen molar-refractivity contribution in [3.8, 4) is 0 Å². The number of hydrogen-bond donors (Lipinski definition) is 0. The van der Waals surface area contributed by atoms with Gasteiger partial charge in [-0.2, -0.15) is 0 Å². The minimum atomic E-state index is -2.60. The first-order chi connectivity index (χ1) is 19.2. The van der Waals surface area contributed by atoms with Crippen LogP contribution in [-0.2, 0) is 30.5 Å². The summed E-state index contributed by atoms with van der Waals surface area (Å²) >= 11 is 0. The van der Waals surface area contributed by atoms with Crippen LogP contribution >= 0.6 is 0 Å². The van der Waals surface area contributed by atoms with E-state index in [0.29, 0.717) is 0 Å². The Morgan fingerprint density at radius 3 is 2.51 bits per heavy atom. The van der Waals surface area contributed by atoms with E-state index in [4.69, 9.17) is 9.47 Å². The van der Waals surface area contributed by atoms with Crippen molar-refractivity contribution in [1.82, 2.24) is 0 Å². The lowest BCUT2D eigenvalue weighted by molar-refractivity contribution is -0.385. The lowest BCUT2D eigenvalue weighted by atomic mass is 9.45. The zero-order valence-corrected chi connectivity index (χ0v) is 22.3. The first-order valence-corrected chi connectivity index (χ1v) is 13.2. The lowest BCUT2D eigenvalue weighted by Crippen LogP contribution is -2.66. The van der Waals surface area contributed by atoms with E-state index < -0.39 is 101 Å². The molecule has 0 N–H and O–H groups in total. The molecule has 9 nitrogen and oxygen atoms in total. The third kappa shape index (κ3) is 4.29. The number of ketones is 3. The van der Waals surface area contributed by atoms with Crippen molar-refractivity contribution >= 4 is 29.2 Å². The molecule has 1 aromatic rings. The highest BCUT2D eigenvalue weighted by molar-refractivity contribution is 6.03. The molecule has 4 aliphatic rings. The van der Waals surface area contributed by atoms with E-state index in [2.05, 4.69) is 0 Å². The molecule has 0 bridgehead atoms. The number of nitrogens with zero attached hydrogens (tertiary/aromatic N) is 1. The molecule has 0 radical (unpaired) electrons. The number of ether oxygens (including phenoxy) is 2. The van der Waals surface area contributed by atoms with Gasteiger partial charge in [-0.3, -0.25) is 24.5 Å². The number of nitro groups is 1. The van der Waals surface area contributed by atoms with Crippen molar-refractivity contribution in [3.05, 3.63) is 63.7 Å². The van der Waals surface area contributed by atoms with Gasteiger partial charge in [0.2, 0.25) is 0 Å². The number of para-hydroxylation sites is 1. The van der Waals surface area contributed by atoms with Crippen molar-refractivity contribution in [3.63, 3.8) is 0 Å². The van der Waals surface area contributed by atoms with Gasteiger partial charge in [0, 0.05) is 18.4 Å².